The van der Waals surface area contributed by atoms with Crippen LogP contribution in [0, 0.1) is 11.3 Å². The summed E-state index contributed by atoms with van der Waals surface area (Å²) in [5.74, 6) is 1.49. The molecule has 0 bridgehead atoms. The Labute approximate surface area is 96.6 Å². The molecule has 0 amide bonds. The molecular formula is C13H17NO2. The number of ether oxygens (including phenoxy) is 2. The molecule has 0 aromatic heterocycles. The highest BCUT2D eigenvalue weighted by Crippen LogP contribution is 2.34. The van der Waals surface area contributed by atoms with Crippen LogP contribution in [-0.4, -0.2) is 14.2 Å². The Balaban J connectivity index is 3.26. The van der Waals surface area contributed by atoms with Gasteiger partial charge in [0.2, 0.25) is 0 Å². The minimum Gasteiger partial charge on any atom is -0.493 e. The van der Waals surface area contributed by atoms with Crippen molar-refractivity contribution in [2.45, 2.75) is 26.2 Å². The number of nitrogens with zero attached hydrogens (tertiary/aromatic N) is 1. The van der Waals surface area contributed by atoms with Crippen molar-refractivity contribution in [3.8, 4) is 17.6 Å². The van der Waals surface area contributed by atoms with Crippen LogP contribution in [0.3, 0.4) is 0 Å². The van der Waals surface area contributed by atoms with Gasteiger partial charge in [-0.05, 0) is 18.1 Å². The second-order valence-electron chi connectivity index (χ2n) is 3.52. The third-order valence-corrected chi connectivity index (χ3v) is 2.51. The van der Waals surface area contributed by atoms with Gasteiger partial charge in [0.1, 0.15) is 0 Å². The average Bonchev–Trinajstić information content (AvgIpc) is 2.31. The number of hydrogen-bond acceptors (Lipinski definition) is 3. The fraction of sp³-hybridized carbons (Fsp3) is 0.462. The molecule has 0 aliphatic carbocycles. The van der Waals surface area contributed by atoms with E-state index in [0.29, 0.717) is 6.42 Å². The largest absolute Gasteiger partial charge is 0.493 e. The molecule has 86 valence electrons. The number of nitriles is 1. The minimum absolute atomic E-state index is 0.412. The van der Waals surface area contributed by atoms with E-state index in [1.165, 1.54) is 0 Å². The second-order valence-corrected chi connectivity index (χ2v) is 3.52. The lowest BCUT2D eigenvalue weighted by atomic mass is 9.99. The zero-order valence-corrected chi connectivity index (χ0v) is 10.0. The van der Waals surface area contributed by atoms with Crippen molar-refractivity contribution in [2.75, 3.05) is 14.2 Å². The highest BCUT2D eigenvalue weighted by Gasteiger charge is 2.13. The molecule has 1 rings (SSSR count). The summed E-state index contributed by atoms with van der Waals surface area (Å²) in [5, 5.41) is 8.78. The van der Waals surface area contributed by atoms with Crippen LogP contribution in [0.1, 0.15) is 24.5 Å². The van der Waals surface area contributed by atoms with Crippen LogP contribution in [-0.2, 0) is 12.8 Å². The molecule has 0 saturated carbocycles. The Kier molecular flexibility index (Phi) is 4.65. The van der Waals surface area contributed by atoms with Crippen molar-refractivity contribution < 1.29 is 9.47 Å². The number of benzene rings is 1. The van der Waals surface area contributed by atoms with Crippen LogP contribution in [0.5, 0.6) is 11.5 Å². The van der Waals surface area contributed by atoms with E-state index in [4.69, 9.17) is 14.7 Å². The molecule has 0 saturated heterocycles. The standard InChI is InChI=1S/C13H17NO2/c1-4-5-11-10(8-9-14)6-7-12(15-2)13(11)16-3/h6-7H,4-5,8H2,1-3H3. The summed E-state index contributed by atoms with van der Waals surface area (Å²) in [6.45, 7) is 2.11. The fourth-order valence-corrected chi connectivity index (χ4v) is 1.81. The van der Waals surface area contributed by atoms with Crippen LogP contribution >= 0.6 is 0 Å². The summed E-state index contributed by atoms with van der Waals surface area (Å²) in [4.78, 5) is 0. The lowest BCUT2D eigenvalue weighted by Crippen LogP contribution is -2.00. The Bertz CT molecular complexity index is 394. The summed E-state index contributed by atoms with van der Waals surface area (Å²) < 4.78 is 10.6. The lowest BCUT2D eigenvalue weighted by molar-refractivity contribution is 0.351. The SMILES string of the molecule is CCCc1c(CC#N)ccc(OC)c1OC. The van der Waals surface area contributed by atoms with Crippen molar-refractivity contribution >= 4 is 0 Å². The van der Waals surface area contributed by atoms with Crippen LogP contribution in [0.2, 0.25) is 0 Å². The smallest absolute Gasteiger partial charge is 0.164 e. The first-order valence-electron chi connectivity index (χ1n) is 5.38. The molecule has 0 spiro atoms. The van der Waals surface area contributed by atoms with Gasteiger partial charge in [-0.2, -0.15) is 5.26 Å². The Morgan fingerprint density at radius 3 is 2.50 bits per heavy atom. The van der Waals surface area contributed by atoms with Crippen molar-refractivity contribution in [1.82, 2.24) is 0 Å². The number of hydrogen-bond donors (Lipinski definition) is 0. The highest BCUT2D eigenvalue weighted by molar-refractivity contribution is 5.51. The Hall–Kier alpha value is -1.69. The summed E-state index contributed by atoms with van der Waals surface area (Å²) in [6.07, 6.45) is 2.33. The molecule has 0 heterocycles. The van der Waals surface area contributed by atoms with Gasteiger partial charge in [-0.25, -0.2) is 0 Å². The normalized spacial score (nSPS) is 9.62. The van der Waals surface area contributed by atoms with Crippen LogP contribution in [0.25, 0.3) is 0 Å². The van der Waals surface area contributed by atoms with E-state index in [1.54, 1.807) is 14.2 Å². The maximum Gasteiger partial charge on any atom is 0.164 e. The first kappa shape index (κ1) is 12.4. The minimum atomic E-state index is 0.412. The van der Waals surface area contributed by atoms with Gasteiger partial charge in [0.25, 0.3) is 0 Å². The van der Waals surface area contributed by atoms with E-state index in [2.05, 4.69) is 13.0 Å². The fourth-order valence-electron chi connectivity index (χ4n) is 1.81. The second kappa shape index (κ2) is 6.02. The molecule has 0 radical (unpaired) electrons. The van der Waals surface area contributed by atoms with E-state index in [-0.39, 0.29) is 0 Å². The van der Waals surface area contributed by atoms with Gasteiger partial charge in [0.05, 0.1) is 26.7 Å². The summed E-state index contributed by atoms with van der Waals surface area (Å²) in [6, 6.07) is 5.97. The van der Waals surface area contributed by atoms with Gasteiger partial charge < -0.3 is 9.47 Å². The average molecular weight is 219 g/mol. The predicted octanol–water partition coefficient (Wildman–Crippen LogP) is 2.72. The quantitative estimate of drug-likeness (QED) is 0.764. The van der Waals surface area contributed by atoms with E-state index >= 15 is 0 Å². The van der Waals surface area contributed by atoms with Crippen molar-refractivity contribution in [1.29, 1.82) is 5.26 Å². The molecule has 0 atom stereocenters. The van der Waals surface area contributed by atoms with Gasteiger partial charge in [0.15, 0.2) is 11.5 Å². The maximum atomic E-state index is 8.78. The summed E-state index contributed by atoms with van der Waals surface area (Å²) in [7, 11) is 3.25. The van der Waals surface area contributed by atoms with Crippen molar-refractivity contribution in [2.24, 2.45) is 0 Å². The maximum absolute atomic E-state index is 8.78. The summed E-state index contributed by atoms with van der Waals surface area (Å²) in [5.41, 5.74) is 2.12. The third kappa shape index (κ3) is 2.46. The Morgan fingerprint density at radius 1 is 1.25 bits per heavy atom. The van der Waals surface area contributed by atoms with E-state index in [9.17, 15) is 0 Å². The van der Waals surface area contributed by atoms with Gasteiger partial charge in [-0.1, -0.05) is 19.4 Å². The predicted molar refractivity (Wildman–Crippen MR) is 62.9 cm³/mol. The third-order valence-electron chi connectivity index (χ3n) is 2.51. The van der Waals surface area contributed by atoms with Gasteiger partial charge in [-0.15, -0.1) is 0 Å². The molecule has 3 heteroatoms. The van der Waals surface area contributed by atoms with Crippen LogP contribution < -0.4 is 9.47 Å². The van der Waals surface area contributed by atoms with E-state index in [0.717, 1.165) is 35.5 Å². The molecule has 0 aliphatic heterocycles. The van der Waals surface area contributed by atoms with Crippen LogP contribution in [0.4, 0.5) is 0 Å². The Morgan fingerprint density at radius 2 is 2.00 bits per heavy atom. The molecule has 0 N–H and O–H groups in total. The van der Waals surface area contributed by atoms with E-state index < -0.39 is 0 Å². The molecule has 1 aromatic carbocycles. The molecule has 0 aliphatic rings. The summed E-state index contributed by atoms with van der Waals surface area (Å²) >= 11 is 0. The zero-order valence-electron chi connectivity index (χ0n) is 10.0. The van der Waals surface area contributed by atoms with Gasteiger partial charge >= 0.3 is 0 Å². The zero-order chi connectivity index (χ0) is 12.0. The lowest BCUT2D eigenvalue weighted by Gasteiger charge is -2.15. The van der Waals surface area contributed by atoms with E-state index in [1.807, 2.05) is 12.1 Å². The van der Waals surface area contributed by atoms with Gasteiger partial charge in [0, 0.05) is 5.56 Å². The van der Waals surface area contributed by atoms with Crippen molar-refractivity contribution in [3.05, 3.63) is 23.3 Å². The molecular weight excluding hydrogens is 202 g/mol. The number of rotatable bonds is 5. The molecule has 1 aromatic rings. The molecule has 0 unspecified atom stereocenters. The molecule has 0 fully saturated rings. The van der Waals surface area contributed by atoms with Crippen LogP contribution in [0.15, 0.2) is 12.1 Å². The first-order valence-corrected chi connectivity index (χ1v) is 5.38. The first-order chi connectivity index (χ1) is 7.78. The molecule has 16 heavy (non-hydrogen) atoms. The molecule has 3 nitrogen and oxygen atoms in total. The number of methoxy groups -OCH3 is 2. The topological polar surface area (TPSA) is 42.2 Å². The van der Waals surface area contributed by atoms with Gasteiger partial charge in [-0.3, -0.25) is 0 Å². The monoisotopic (exact) mass is 219 g/mol. The highest BCUT2D eigenvalue weighted by atomic mass is 16.5. The van der Waals surface area contributed by atoms with Crippen molar-refractivity contribution in [3.63, 3.8) is 0 Å².